The highest BCUT2D eigenvalue weighted by molar-refractivity contribution is 9.10. The standard InChI is InChI=1S/C23H22BrN3O4/c24-19-15-18(16-25-17-19)22(28)26-11-12-27(20-7-3-1-4-8-20)23(29)31-14-13-30-21-9-5-2-6-10-21/h1-10,15-17H,11-14H2,(H,26,28). The third-order valence-corrected chi connectivity index (χ3v) is 4.63. The predicted molar refractivity (Wildman–Crippen MR) is 121 cm³/mol. The van der Waals surface area contributed by atoms with Gasteiger partial charge in [-0.05, 0) is 46.3 Å². The minimum atomic E-state index is -0.513. The van der Waals surface area contributed by atoms with Crippen LogP contribution in [0.2, 0.25) is 0 Å². The molecule has 3 aromatic rings. The largest absolute Gasteiger partial charge is 0.490 e. The summed E-state index contributed by atoms with van der Waals surface area (Å²) in [6.07, 6.45) is 2.57. The number of halogens is 1. The minimum absolute atomic E-state index is 0.104. The van der Waals surface area contributed by atoms with Gasteiger partial charge in [0, 0.05) is 35.6 Å². The number of rotatable bonds is 9. The van der Waals surface area contributed by atoms with Gasteiger partial charge in [0.25, 0.3) is 5.91 Å². The normalized spacial score (nSPS) is 10.2. The molecule has 0 saturated carbocycles. The van der Waals surface area contributed by atoms with Crippen LogP contribution in [0.4, 0.5) is 10.5 Å². The molecule has 8 heteroatoms. The number of para-hydroxylation sites is 2. The fraction of sp³-hybridized carbons (Fsp3) is 0.174. The topological polar surface area (TPSA) is 80.8 Å². The summed E-state index contributed by atoms with van der Waals surface area (Å²) in [4.78, 5) is 30.4. The predicted octanol–water partition coefficient (Wildman–Crippen LogP) is 4.30. The average Bonchev–Trinajstić information content (AvgIpc) is 2.80. The molecule has 160 valence electrons. The van der Waals surface area contributed by atoms with Crippen molar-refractivity contribution in [2.45, 2.75) is 0 Å². The number of anilines is 1. The van der Waals surface area contributed by atoms with E-state index in [1.165, 1.54) is 11.1 Å². The van der Waals surface area contributed by atoms with Crippen LogP contribution in [0.3, 0.4) is 0 Å². The van der Waals surface area contributed by atoms with Crippen molar-refractivity contribution in [3.8, 4) is 5.75 Å². The Morgan fingerprint density at radius 2 is 1.68 bits per heavy atom. The summed E-state index contributed by atoms with van der Waals surface area (Å²) in [6, 6.07) is 20.1. The van der Waals surface area contributed by atoms with Gasteiger partial charge < -0.3 is 14.8 Å². The molecule has 3 rings (SSSR count). The number of ether oxygens (including phenoxy) is 2. The molecule has 1 aromatic heterocycles. The number of hydrogen-bond acceptors (Lipinski definition) is 5. The molecule has 0 saturated heterocycles. The van der Waals surface area contributed by atoms with Gasteiger partial charge >= 0.3 is 6.09 Å². The second kappa shape index (κ2) is 11.7. The van der Waals surface area contributed by atoms with Crippen LogP contribution in [0.25, 0.3) is 0 Å². The monoisotopic (exact) mass is 483 g/mol. The van der Waals surface area contributed by atoms with E-state index in [4.69, 9.17) is 9.47 Å². The number of carbonyl (C=O) groups is 2. The van der Waals surface area contributed by atoms with Gasteiger partial charge in [-0.1, -0.05) is 36.4 Å². The van der Waals surface area contributed by atoms with Crippen molar-refractivity contribution in [3.05, 3.63) is 89.2 Å². The molecule has 0 aliphatic rings. The Labute approximate surface area is 189 Å². The number of nitrogens with zero attached hydrogens (tertiary/aromatic N) is 2. The Balaban J connectivity index is 1.52. The van der Waals surface area contributed by atoms with Crippen LogP contribution < -0.4 is 15.0 Å². The van der Waals surface area contributed by atoms with E-state index in [0.717, 1.165) is 0 Å². The van der Waals surface area contributed by atoms with Gasteiger partial charge in [0.15, 0.2) is 0 Å². The highest BCUT2D eigenvalue weighted by Gasteiger charge is 2.17. The van der Waals surface area contributed by atoms with Crippen LogP contribution in [-0.4, -0.2) is 43.3 Å². The molecule has 0 atom stereocenters. The quantitative estimate of drug-likeness (QED) is 0.459. The lowest BCUT2D eigenvalue weighted by Crippen LogP contribution is -2.39. The van der Waals surface area contributed by atoms with Crippen molar-refractivity contribution < 1.29 is 19.1 Å². The first-order chi connectivity index (χ1) is 15.1. The number of aromatic nitrogens is 1. The van der Waals surface area contributed by atoms with Crippen molar-refractivity contribution >= 4 is 33.6 Å². The summed E-state index contributed by atoms with van der Waals surface area (Å²) in [5.74, 6) is 0.439. The second-order valence-electron chi connectivity index (χ2n) is 6.41. The molecule has 0 radical (unpaired) electrons. The summed E-state index contributed by atoms with van der Waals surface area (Å²) in [5.41, 5.74) is 1.11. The van der Waals surface area contributed by atoms with E-state index in [1.54, 1.807) is 12.3 Å². The van der Waals surface area contributed by atoms with Crippen LogP contribution >= 0.6 is 15.9 Å². The maximum absolute atomic E-state index is 12.7. The molecule has 0 aliphatic heterocycles. The van der Waals surface area contributed by atoms with E-state index >= 15 is 0 Å². The number of amides is 2. The molecule has 0 fully saturated rings. The van der Waals surface area contributed by atoms with Crippen molar-refractivity contribution in [2.75, 3.05) is 31.2 Å². The first kappa shape index (κ1) is 22.3. The summed E-state index contributed by atoms with van der Waals surface area (Å²) in [5, 5.41) is 2.80. The molecule has 31 heavy (non-hydrogen) atoms. The zero-order chi connectivity index (χ0) is 21.9. The highest BCUT2D eigenvalue weighted by atomic mass is 79.9. The molecule has 1 N–H and O–H groups in total. The molecule has 0 spiro atoms. The molecule has 0 aliphatic carbocycles. The second-order valence-corrected chi connectivity index (χ2v) is 7.33. The van der Waals surface area contributed by atoms with Crippen LogP contribution in [0, 0.1) is 0 Å². The van der Waals surface area contributed by atoms with Gasteiger partial charge in [-0.25, -0.2) is 4.79 Å². The molecule has 0 bridgehead atoms. The summed E-state index contributed by atoms with van der Waals surface area (Å²) in [7, 11) is 0. The third kappa shape index (κ3) is 7.11. The number of carbonyl (C=O) groups excluding carboxylic acids is 2. The SMILES string of the molecule is O=C(NCCN(C(=O)OCCOc1ccccc1)c1ccccc1)c1cncc(Br)c1. The van der Waals surface area contributed by atoms with E-state index in [0.29, 0.717) is 21.5 Å². The van der Waals surface area contributed by atoms with E-state index in [1.807, 2.05) is 60.7 Å². The number of pyridine rings is 1. The van der Waals surface area contributed by atoms with E-state index in [9.17, 15) is 9.59 Å². The third-order valence-electron chi connectivity index (χ3n) is 4.20. The van der Waals surface area contributed by atoms with Crippen molar-refractivity contribution in [1.82, 2.24) is 10.3 Å². The zero-order valence-electron chi connectivity index (χ0n) is 16.7. The summed E-state index contributed by atoms with van der Waals surface area (Å²) in [6.45, 7) is 0.837. The maximum Gasteiger partial charge on any atom is 0.414 e. The first-order valence-corrected chi connectivity index (χ1v) is 10.5. The molecule has 2 amide bonds. The molecular weight excluding hydrogens is 462 g/mol. The van der Waals surface area contributed by atoms with Crippen LogP contribution in [0.15, 0.2) is 83.6 Å². The summed E-state index contributed by atoms with van der Waals surface area (Å²) >= 11 is 3.29. The fourth-order valence-corrected chi connectivity index (χ4v) is 3.10. The first-order valence-electron chi connectivity index (χ1n) is 9.69. The Hall–Kier alpha value is -3.39. The highest BCUT2D eigenvalue weighted by Crippen LogP contribution is 2.15. The van der Waals surface area contributed by atoms with E-state index in [2.05, 4.69) is 26.2 Å². The Kier molecular flexibility index (Phi) is 8.42. The zero-order valence-corrected chi connectivity index (χ0v) is 18.3. The van der Waals surface area contributed by atoms with Gasteiger partial charge in [0.2, 0.25) is 0 Å². The van der Waals surface area contributed by atoms with Gasteiger partial charge in [-0.2, -0.15) is 0 Å². The van der Waals surface area contributed by atoms with Crippen molar-refractivity contribution in [2.24, 2.45) is 0 Å². The lowest BCUT2D eigenvalue weighted by molar-refractivity contribution is 0.0952. The maximum atomic E-state index is 12.7. The van der Waals surface area contributed by atoms with E-state index in [-0.39, 0.29) is 32.2 Å². The van der Waals surface area contributed by atoms with Gasteiger partial charge in [-0.3, -0.25) is 14.7 Å². The summed E-state index contributed by atoms with van der Waals surface area (Å²) < 4.78 is 11.6. The lowest BCUT2D eigenvalue weighted by Gasteiger charge is -2.22. The minimum Gasteiger partial charge on any atom is -0.490 e. The average molecular weight is 484 g/mol. The molecule has 1 heterocycles. The van der Waals surface area contributed by atoms with Crippen LogP contribution in [-0.2, 0) is 4.74 Å². The smallest absolute Gasteiger partial charge is 0.414 e. The number of benzene rings is 2. The fourth-order valence-electron chi connectivity index (χ4n) is 2.74. The Morgan fingerprint density at radius 3 is 2.39 bits per heavy atom. The van der Waals surface area contributed by atoms with E-state index < -0.39 is 6.09 Å². The van der Waals surface area contributed by atoms with Crippen molar-refractivity contribution in [3.63, 3.8) is 0 Å². The Morgan fingerprint density at radius 1 is 0.968 bits per heavy atom. The number of hydrogen-bond donors (Lipinski definition) is 1. The van der Waals surface area contributed by atoms with Crippen LogP contribution in [0.5, 0.6) is 5.75 Å². The molecule has 2 aromatic carbocycles. The Bertz CT molecular complexity index is 986. The van der Waals surface area contributed by atoms with Gasteiger partial charge in [-0.15, -0.1) is 0 Å². The van der Waals surface area contributed by atoms with Crippen LogP contribution in [0.1, 0.15) is 10.4 Å². The number of nitrogens with one attached hydrogen (secondary N) is 1. The molecule has 7 nitrogen and oxygen atoms in total. The van der Waals surface area contributed by atoms with Gasteiger partial charge in [0.1, 0.15) is 19.0 Å². The lowest BCUT2D eigenvalue weighted by atomic mass is 10.2. The van der Waals surface area contributed by atoms with Crippen molar-refractivity contribution in [1.29, 1.82) is 0 Å². The molecule has 0 unspecified atom stereocenters. The molecular formula is C23H22BrN3O4. The van der Waals surface area contributed by atoms with Gasteiger partial charge in [0.05, 0.1) is 5.56 Å².